The van der Waals surface area contributed by atoms with Crippen LogP contribution in [-0.2, 0) is 9.05 Å². The number of nitrogen functional groups attached to an aromatic ring is 1. The van der Waals surface area contributed by atoms with Crippen LogP contribution in [-0.4, -0.2) is 13.4 Å². The number of nitrogens with one attached hydrogen (secondary N) is 1. The zero-order valence-corrected chi connectivity index (χ0v) is 8.57. The first kappa shape index (κ1) is 11.9. The van der Waals surface area contributed by atoms with E-state index in [9.17, 15) is 22.0 Å². The number of aromatic nitrogens is 1. The zero-order valence-electron chi connectivity index (χ0n) is 7.00. The number of nitrogens with two attached hydrogens (primary N) is 1. The minimum Gasteiger partial charge on any atom is -0.394 e. The van der Waals surface area contributed by atoms with Crippen molar-refractivity contribution < 1.29 is 17.2 Å². The molecule has 0 saturated heterocycles. The van der Waals surface area contributed by atoms with Crippen LogP contribution in [0.25, 0.3) is 0 Å². The maximum absolute atomic E-state index is 12.2. The summed E-state index contributed by atoms with van der Waals surface area (Å²) in [6.45, 7) is 0. The number of aromatic amines is 1. The summed E-state index contributed by atoms with van der Waals surface area (Å²) < 4.78 is 46.0. The number of hydrogen-bond donors (Lipinski definition) is 2. The quantitative estimate of drug-likeness (QED) is 0.768. The van der Waals surface area contributed by atoms with Gasteiger partial charge < -0.3 is 10.7 Å². The third kappa shape index (κ3) is 2.26. The van der Waals surface area contributed by atoms with Crippen LogP contribution in [0.2, 0.25) is 0 Å². The van der Waals surface area contributed by atoms with E-state index in [0.717, 1.165) is 0 Å². The standard InChI is InChI=1S/C6H5ClF2N2O3S/c7-15(13,14)2-1-11-4(6(8)9)3(10)5(2)12/h1,6H,10H2,(H,11,12). The van der Waals surface area contributed by atoms with Gasteiger partial charge in [-0.05, 0) is 0 Å². The first-order valence-electron chi connectivity index (χ1n) is 3.49. The van der Waals surface area contributed by atoms with E-state index in [2.05, 4.69) is 0 Å². The molecule has 1 heterocycles. The van der Waals surface area contributed by atoms with Gasteiger partial charge in [0, 0.05) is 16.9 Å². The number of hydrogen-bond acceptors (Lipinski definition) is 4. The van der Waals surface area contributed by atoms with Crippen LogP contribution in [0.15, 0.2) is 15.9 Å². The van der Waals surface area contributed by atoms with Crippen LogP contribution in [0.3, 0.4) is 0 Å². The lowest BCUT2D eigenvalue weighted by atomic mass is 10.3. The molecule has 0 atom stereocenters. The van der Waals surface area contributed by atoms with E-state index in [1.54, 1.807) is 0 Å². The van der Waals surface area contributed by atoms with Gasteiger partial charge in [-0.25, -0.2) is 17.2 Å². The van der Waals surface area contributed by atoms with E-state index in [1.165, 1.54) is 0 Å². The summed E-state index contributed by atoms with van der Waals surface area (Å²) in [7, 11) is 0.582. The first-order valence-corrected chi connectivity index (χ1v) is 5.80. The topological polar surface area (TPSA) is 93.0 Å². The Labute approximate surface area is 87.3 Å². The van der Waals surface area contributed by atoms with Crippen molar-refractivity contribution in [3.05, 3.63) is 22.1 Å². The summed E-state index contributed by atoms with van der Waals surface area (Å²) in [4.78, 5) is 12.3. The van der Waals surface area contributed by atoms with Crippen molar-refractivity contribution in [2.45, 2.75) is 11.3 Å². The predicted molar refractivity (Wildman–Crippen MR) is 49.5 cm³/mol. The Morgan fingerprint density at radius 3 is 2.40 bits per heavy atom. The molecule has 0 spiro atoms. The minimum absolute atomic E-state index is 0.586. The van der Waals surface area contributed by atoms with E-state index < -0.39 is 37.2 Å². The van der Waals surface area contributed by atoms with Crippen molar-refractivity contribution in [1.29, 1.82) is 0 Å². The molecule has 0 aromatic carbocycles. The molecule has 9 heteroatoms. The Balaban J connectivity index is 3.56. The molecule has 0 unspecified atom stereocenters. The van der Waals surface area contributed by atoms with Gasteiger partial charge in [0.2, 0.25) is 5.43 Å². The SMILES string of the molecule is Nc1c(C(F)F)[nH]cc(S(=O)(=O)Cl)c1=O. The fourth-order valence-electron chi connectivity index (χ4n) is 0.903. The number of pyridine rings is 1. The van der Waals surface area contributed by atoms with Crippen LogP contribution < -0.4 is 11.2 Å². The number of anilines is 1. The normalized spacial score (nSPS) is 12.0. The van der Waals surface area contributed by atoms with E-state index in [0.29, 0.717) is 6.20 Å². The smallest absolute Gasteiger partial charge is 0.280 e. The molecule has 0 aliphatic heterocycles. The lowest BCUT2D eigenvalue weighted by Gasteiger charge is -2.04. The summed E-state index contributed by atoms with van der Waals surface area (Å²) in [6.07, 6.45) is -2.41. The van der Waals surface area contributed by atoms with E-state index in [-0.39, 0.29) is 0 Å². The number of halogens is 3. The molecule has 1 aromatic heterocycles. The molecule has 0 fully saturated rings. The Morgan fingerprint density at radius 1 is 1.47 bits per heavy atom. The van der Waals surface area contributed by atoms with Gasteiger partial charge in [-0.2, -0.15) is 0 Å². The van der Waals surface area contributed by atoms with Crippen molar-refractivity contribution in [3.63, 3.8) is 0 Å². The molecule has 0 saturated carbocycles. The van der Waals surface area contributed by atoms with Gasteiger partial charge in [0.1, 0.15) is 16.3 Å². The third-order valence-electron chi connectivity index (χ3n) is 1.60. The lowest BCUT2D eigenvalue weighted by molar-refractivity contribution is 0.147. The van der Waals surface area contributed by atoms with Crippen LogP contribution in [0.1, 0.15) is 12.1 Å². The Kier molecular flexibility index (Phi) is 3.00. The molecular weight excluding hydrogens is 254 g/mol. The Morgan fingerprint density at radius 2 is 2.00 bits per heavy atom. The molecular formula is C6H5ClF2N2O3S. The average molecular weight is 259 g/mol. The molecule has 0 aliphatic carbocycles. The average Bonchev–Trinajstić information content (AvgIpc) is 2.06. The molecule has 5 nitrogen and oxygen atoms in total. The number of H-pyrrole nitrogens is 1. The third-order valence-corrected chi connectivity index (χ3v) is 2.93. The van der Waals surface area contributed by atoms with Crippen LogP contribution in [0.4, 0.5) is 14.5 Å². The fraction of sp³-hybridized carbons (Fsp3) is 0.167. The van der Waals surface area contributed by atoms with Gasteiger partial charge in [-0.3, -0.25) is 4.79 Å². The number of alkyl halides is 2. The van der Waals surface area contributed by atoms with Crippen molar-refractivity contribution in [3.8, 4) is 0 Å². The van der Waals surface area contributed by atoms with Crippen LogP contribution >= 0.6 is 10.7 Å². The second-order valence-electron chi connectivity index (χ2n) is 2.55. The summed E-state index contributed by atoms with van der Waals surface area (Å²) in [5, 5.41) is 0. The van der Waals surface area contributed by atoms with Gasteiger partial charge in [-0.1, -0.05) is 0 Å². The maximum atomic E-state index is 12.2. The van der Waals surface area contributed by atoms with Gasteiger partial charge in [0.05, 0.1) is 0 Å². The van der Waals surface area contributed by atoms with E-state index >= 15 is 0 Å². The molecule has 84 valence electrons. The lowest BCUT2D eigenvalue weighted by Crippen LogP contribution is -2.18. The highest BCUT2D eigenvalue weighted by Gasteiger charge is 2.21. The molecule has 0 aliphatic rings. The van der Waals surface area contributed by atoms with Crippen molar-refractivity contribution in [2.75, 3.05) is 5.73 Å². The molecule has 3 N–H and O–H groups in total. The second kappa shape index (κ2) is 3.78. The monoisotopic (exact) mass is 258 g/mol. The molecule has 1 rings (SSSR count). The van der Waals surface area contributed by atoms with E-state index in [1.807, 2.05) is 4.98 Å². The van der Waals surface area contributed by atoms with Gasteiger partial charge in [0.15, 0.2) is 0 Å². The maximum Gasteiger partial charge on any atom is 0.280 e. The van der Waals surface area contributed by atoms with Gasteiger partial charge in [-0.15, -0.1) is 0 Å². The summed E-state index contributed by atoms with van der Waals surface area (Å²) in [5.41, 5.74) is 2.11. The Bertz CT molecular complexity index is 540. The zero-order chi connectivity index (χ0) is 11.8. The highest BCUT2D eigenvalue weighted by atomic mass is 35.7. The number of rotatable bonds is 2. The van der Waals surface area contributed by atoms with E-state index in [4.69, 9.17) is 16.4 Å². The van der Waals surface area contributed by atoms with Crippen LogP contribution in [0.5, 0.6) is 0 Å². The van der Waals surface area contributed by atoms with Crippen molar-refractivity contribution >= 4 is 25.4 Å². The van der Waals surface area contributed by atoms with Crippen molar-refractivity contribution in [2.24, 2.45) is 0 Å². The van der Waals surface area contributed by atoms with Gasteiger partial charge in [0.25, 0.3) is 15.5 Å². The predicted octanol–water partition coefficient (Wildman–Crippen LogP) is 0.822. The largest absolute Gasteiger partial charge is 0.394 e. The highest BCUT2D eigenvalue weighted by molar-refractivity contribution is 8.13. The summed E-state index contributed by atoms with van der Waals surface area (Å²) >= 11 is 0. The molecule has 0 amide bonds. The summed E-state index contributed by atoms with van der Waals surface area (Å²) in [5.74, 6) is 0. The highest BCUT2D eigenvalue weighted by Crippen LogP contribution is 2.21. The fourth-order valence-corrected chi connectivity index (χ4v) is 1.78. The van der Waals surface area contributed by atoms with Crippen LogP contribution in [0, 0.1) is 0 Å². The minimum atomic E-state index is -4.29. The first-order chi connectivity index (χ1) is 6.75. The van der Waals surface area contributed by atoms with Crippen molar-refractivity contribution in [1.82, 2.24) is 4.98 Å². The molecule has 0 radical (unpaired) electrons. The second-order valence-corrected chi connectivity index (χ2v) is 5.08. The Hall–Kier alpha value is -1.15. The van der Waals surface area contributed by atoms with Gasteiger partial charge >= 0.3 is 0 Å². The molecule has 15 heavy (non-hydrogen) atoms. The summed E-state index contributed by atoms with van der Waals surface area (Å²) in [6, 6.07) is 0. The molecule has 1 aromatic rings. The molecule has 0 bridgehead atoms.